The molecule has 1 fully saturated rings. The average molecular weight is 360 g/mol. The second-order valence-corrected chi connectivity index (χ2v) is 5.82. The van der Waals surface area contributed by atoms with Crippen molar-refractivity contribution in [3.8, 4) is 0 Å². The van der Waals surface area contributed by atoms with Crippen molar-refractivity contribution in [3.05, 3.63) is 33.4 Å². The van der Waals surface area contributed by atoms with Crippen LogP contribution in [0.2, 0.25) is 0 Å². The highest BCUT2D eigenvalue weighted by molar-refractivity contribution is 14.1. The molecule has 1 aromatic carbocycles. The van der Waals surface area contributed by atoms with Crippen LogP contribution in [0.5, 0.6) is 0 Å². The van der Waals surface area contributed by atoms with Crippen molar-refractivity contribution >= 4 is 28.6 Å². The fourth-order valence-corrected chi connectivity index (χ4v) is 2.80. The first-order valence-corrected chi connectivity index (χ1v) is 7.12. The van der Waals surface area contributed by atoms with Gasteiger partial charge in [0.1, 0.15) is 0 Å². The summed E-state index contributed by atoms with van der Waals surface area (Å²) in [6, 6.07) is 8.52. The topological polar surface area (TPSA) is 43.8 Å². The number of carboxylic acid groups (broad SMARTS) is 1. The number of piperazine rings is 1. The van der Waals surface area contributed by atoms with Gasteiger partial charge in [0, 0.05) is 36.3 Å². The summed E-state index contributed by atoms with van der Waals surface area (Å²) in [4.78, 5) is 15.0. The van der Waals surface area contributed by atoms with E-state index in [0.717, 1.165) is 32.7 Å². The van der Waals surface area contributed by atoms with E-state index in [1.807, 2.05) is 4.90 Å². The molecule has 0 amide bonds. The third kappa shape index (κ3) is 4.22. The highest BCUT2D eigenvalue weighted by Crippen LogP contribution is 2.12. The fourth-order valence-electron chi connectivity index (χ4n) is 2.19. The Hall–Kier alpha value is -0.660. The van der Waals surface area contributed by atoms with E-state index in [9.17, 15) is 4.79 Å². The van der Waals surface area contributed by atoms with Gasteiger partial charge in [0.15, 0.2) is 0 Å². The molecule has 0 atom stereocenters. The highest BCUT2D eigenvalue weighted by Gasteiger charge is 2.18. The van der Waals surface area contributed by atoms with Crippen molar-refractivity contribution in [2.45, 2.75) is 6.54 Å². The molecule has 0 saturated carbocycles. The zero-order valence-corrected chi connectivity index (χ0v) is 12.3. The Morgan fingerprint density at radius 1 is 1.22 bits per heavy atom. The minimum atomic E-state index is -0.735. The standard InChI is InChI=1S/C13H17IN2O2/c14-12-3-1-2-11(8-12)9-15-4-6-16(7-5-15)10-13(17)18/h1-3,8H,4-7,9-10H2,(H,17,18). The largest absolute Gasteiger partial charge is 0.480 e. The number of hydrogen-bond acceptors (Lipinski definition) is 3. The van der Waals surface area contributed by atoms with E-state index >= 15 is 0 Å². The van der Waals surface area contributed by atoms with E-state index in [0.29, 0.717) is 0 Å². The van der Waals surface area contributed by atoms with Crippen molar-refractivity contribution in [2.75, 3.05) is 32.7 Å². The zero-order valence-electron chi connectivity index (χ0n) is 10.2. The first kappa shape index (κ1) is 13.8. The molecule has 1 aromatic rings. The van der Waals surface area contributed by atoms with Crippen LogP contribution < -0.4 is 0 Å². The maximum Gasteiger partial charge on any atom is 0.317 e. The second-order valence-electron chi connectivity index (χ2n) is 4.58. The quantitative estimate of drug-likeness (QED) is 0.827. The lowest BCUT2D eigenvalue weighted by molar-refractivity contribution is -0.138. The third-order valence-corrected chi connectivity index (χ3v) is 3.79. The predicted octanol–water partition coefficient (Wildman–Crippen LogP) is 1.49. The molecule has 2 rings (SSSR count). The smallest absolute Gasteiger partial charge is 0.317 e. The van der Waals surface area contributed by atoms with E-state index in [4.69, 9.17) is 5.11 Å². The lowest BCUT2D eigenvalue weighted by Crippen LogP contribution is -2.47. The molecule has 0 spiro atoms. The Kier molecular flexibility index (Phi) is 4.96. The van der Waals surface area contributed by atoms with Gasteiger partial charge < -0.3 is 5.11 Å². The lowest BCUT2D eigenvalue weighted by atomic mass is 10.2. The SMILES string of the molecule is O=C(O)CN1CCN(Cc2cccc(I)c2)CC1. The first-order valence-electron chi connectivity index (χ1n) is 6.04. The number of hydrogen-bond donors (Lipinski definition) is 1. The maximum absolute atomic E-state index is 10.6. The van der Waals surface area contributed by atoms with E-state index in [1.54, 1.807) is 0 Å². The molecule has 0 unspecified atom stereocenters. The summed E-state index contributed by atoms with van der Waals surface area (Å²) in [6.07, 6.45) is 0. The molecule has 18 heavy (non-hydrogen) atoms. The number of rotatable bonds is 4. The third-order valence-electron chi connectivity index (χ3n) is 3.12. The Labute approximate surface area is 121 Å². The molecule has 4 nitrogen and oxygen atoms in total. The van der Waals surface area contributed by atoms with E-state index in [2.05, 4.69) is 51.8 Å². The Morgan fingerprint density at radius 2 is 1.89 bits per heavy atom. The first-order chi connectivity index (χ1) is 8.63. The van der Waals surface area contributed by atoms with Gasteiger partial charge in [-0.1, -0.05) is 12.1 Å². The van der Waals surface area contributed by atoms with Crippen molar-refractivity contribution in [1.29, 1.82) is 0 Å². The zero-order chi connectivity index (χ0) is 13.0. The van der Waals surface area contributed by atoms with Gasteiger partial charge in [-0.2, -0.15) is 0 Å². The fraction of sp³-hybridized carbons (Fsp3) is 0.462. The predicted molar refractivity (Wildman–Crippen MR) is 78.5 cm³/mol. The van der Waals surface area contributed by atoms with Gasteiger partial charge in [-0.05, 0) is 40.3 Å². The van der Waals surface area contributed by atoms with Crippen LogP contribution in [0.3, 0.4) is 0 Å². The summed E-state index contributed by atoms with van der Waals surface area (Å²) in [5.41, 5.74) is 1.33. The van der Waals surface area contributed by atoms with Crippen LogP contribution in [0.25, 0.3) is 0 Å². The maximum atomic E-state index is 10.6. The van der Waals surface area contributed by atoms with Crippen LogP contribution in [0.4, 0.5) is 0 Å². The molecule has 1 aliphatic heterocycles. The van der Waals surface area contributed by atoms with Crippen LogP contribution in [-0.2, 0) is 11.3 Å². The van der Waals surface area contributed by atoms with E-state index in [-0.39, 0.29) is 6.54 Å². The average Bonchev–Trinajstić information content (AvgIpc) is 2.31. The minimum absolute atomic E-state index is 0.164. The summed E-state index contributed by atoms with van der Waals surface area (Å²) in [5.74, 6) is -0.735. The van der Waals surface area contributed by atoms with Crippen LogP contribution in [0.1, 0.15) is 5.56 Å². The summed E-state index contributed by atoms with van der Waals surface area (Å²) in [6.45, 7) is 4.69. The van der Waals surface area contributed by atoms with E-state index in [1.165, 1.54) is 9.13 Å². The van der Waals surface area contributed by atoms with Crippen LogP contribution in [0.15, 0.2) is 24.3 Å². The van der Waals surface area contributed by atoms with Crippen LogP contribution >= 0.6 is 22.6 Å². The highest BCUT2D eigenvalue weighted by atomic mass is 127. The van der Waals surface area contributed by atoms with E-state index < -0.39 is 5.97 Å². The molecular formula is C13H17IN2O2. The van der Waals surface area contributed by atoms with Gasteiger partial charge in [-0.25, -0.2) is 0 Å². The molecule has 0 aliphatic carbocycles. The van der Waals surface area contributed by atoms with Gasteiger partial charge in [0.05, 0.1) is 6.54 Å². The molecule has 0 bridgehead atoms. The second kappa shape index (κ2) is 6.49. The number of nitrogens with zero attached hydrogens (tertiary/aromatic N) is 2. The van der Waals surface area contributed by atoms with Gasteiger partial charge >= 0.3 is 5.97 Å². The molecule has 5 heteroatoms. The van der Waals surface area contributed by atoms with Crippen molar-refractivity contribution in [3.63, 3.8) is 0 Å². The van der Waals surface area contributed by atoms with Crippen LogP contribution in [0, 0.1) is 3.57 Å². The number of halogens is 1. The van der Waals surface area contributed by atoms with Crippen LogP contribution in [-0.4, -0.2) is 53.6 Å². The number of aliphatic carboxylic acids is 1. The van der Waals surface area contributed by atoms with Crippen molar-refractivity contribution in [2.24, 2.45) is 0 Å². The number of carbonyl (C=O) groups is 1. The van der Waals surface area contributed by atoms with Gasteiger partial charge in [0.2, 0.25) is 0 Å². The molecule has 1 N–H and O–H groups in total. The minimum Gasteiger partial charge on any atom is -0.480 e. The summed E-state index contributed by atoms with van der Waals surface area (Å²) in [7, 11) is 0. The van der Waals surface area contributed by atoms with Crippen molar-refractivity contribution in [1.82, 2.24) is 9.80 Å². The lowest BCUT2D eigenvalue weighted by Gasteiger charge is -2.33. The van der Waals surface area contributed by atoms with Crippen molar-refractivity contribution < 1.29 is 9.90 Å². The Balaban J connectivity index is 1.81. The Bertz CT molecular complexity index is 417. The molecule has 1 aliphatic rings. The summed E-state index contributed by atoms with van der Waals surface area (Å²) >= 11 is 2.32. The number of benzene rings is 1. The van der Waals surface area contributed by atoms with Gasteiger partial charge in [-0.15, -0.1) is 0 Å². The summed E-state index contributed by atoms with van der Waals surface area (Å²) < 4.78 is 1.26. The monoisotopic (exact) mass is 360 g/mol. The summed E-state index contributed by atoms with van der Waals surface area (Å²) in [5, 5.41) is 8.74. The molecule has 1 saturated heterocycles. The Morgan fingerprint density at radius 3 is 2.50 bits per heavy atom. The molecule has 1 heterocycles. The molecule has 0 aromatic heterocycles. The normalized spacial score (nSPS) is 17.8. The number of carboxylic acids is 1. The molecule has 0 radical (unpaired) electrons. The van der Waals surface area contributed by atoms with Gasteiger partial charge in [0.25, 0.3) is 0 Å². The molecular weight excluding hydrogens is 343 g/mol. The molecule has 98 valence electrons. The van der Waals surface area contributed by atoms with Gasteiger partial charge in [-0.3, -0.25) is 14.6 Å².